The smallest absolute Gasteiger partial charge is 0.257 e. The molecule has 0 bridgehead atoms. The summed E-state index contributed by atoms with van der Waals surface area (Å²) in [7, 11) is -3.76. The fraction of sp³-hybridized carbons (Fsp3) is 0.308. The van der Waals surface area contributed by atoms with Gasteiger partial charge in [0, 0.05) is 23.6 Å². The minimum absolute atomic E-state index is 0.0712. The zero-order chi connectivity index (χ0) is 14.8. The molecule has 1 aromatic heterocycles. The second kappa shape index (κ2) is 6.07. The molecule has 0 aliphatic rings. The number of hydrogen-bond acceptors (Lipinski definition) is 3. The number of imidazole rings is 1. The van der Waals surface area contributed by atoms with E-state index >= 15 is 0 Å². The van der Waals surface area contributed by atoms with E-state index in [0.29, 0.717) is 13.0 Å². The number of nitrogens with two attached hydrogens (primary N) is 1. The standard InChI is InChI=1S/C13H16BrN3O2S/c1-2-3-12-16-13(20(15,18)19)9-17(12)8-10-4-6-11(14)7-5-10/h4-7,9H,2-3,8H2,1H3,(H2,15,18,19). The van der Waals surface area contributed by atoms with E-state index in [0.717, 1.165) is 22.3 Å². The Morgan fingerprint density at radius 2 is 1.95 bits per heavy atom. The average Bonchev–Trinajstić information content (AvgIpc) is 2.76. The van der Waals surface area contributed by atoms with Crippen molar-refractivity contribution < 1.29 is 8.42 Å². The summed E-state index contributed by atoms with van der Waals surface area (Å²) >= 11 is 3.39. The van der Waals surface area contributed by atoms with Crippen molar-refractivity contribution in [1.29, 1.82) is 0 Å². The number of sulfonamides is 1. The van der Waals surface area contributed by atoms with Gasteiger partial charge in [0.15, 0.2) is 5.03 Å². The van der Waals surface area contributed by atoms with Gasteiger partial charge in [0.05, 0.1) is 0 Å². The predicted octanol–water partition coefficient (Wildman–Crippen LogP) is 2.29. The van der Waals surface area contributed by atoms with Crippen molar-refractivity contribution in [2.24, 2.45) is 5.14 Å². The first-order chi connectivity index (χ1) is 9.40. The lowest BCUT2D eigenvalue weighted by atomic mass is 10.2. The maximum absolute atomic E-state index is 11.4. The van der Waals surface area contributed by atoms with Crippen LogP contribution in [0.2, 0.25) is 0 Å². The fourth-order valence-corrected chi connectivity index (χ4v) is 2.68. The summed E-state index contributed by atoms with van der Waals surface area (Å²) in [6.45, 7) is 2.60. The van der Waals surface area contributed by atoms with Crippen molar-refractivity contribution in [2.75, 3.05) is 0 Å². The van der Waals surface area contributed by atoms with Gasteiger partial charge in [0.25, 0.3) is 10.0 Å². The van der Waals surface area contributed by atoms with Crippen molar-refractivity contribution in [1.82, 2.24) is 9.55 Å². The lowest BCUT2D eigenvalue weighted by Gasteiger charge is -2.07. The second-order valence-electron chi connectivity index (χ2n) is 4.54. The molecule has 0 unspecified atom stereocenters. The lowest BCUT2D eigenvalue weighted by molar-refractivity contribution is 0.594. The predicted molar refractivity (Wildman–Crippen MR) is 80.8 cm³/mol. The van der Waals surface area contributed by atoms with E-state index in [4.69, 9.17) is 5.14 Å². The molecular weight excluding hydrogens is 342 g/mol. The summed E-state index contributed by atoms with van der Waals surface area (Å²) in [6, 6.07) is 7.87. The zero-order valence-electron chi connectivity index (χ0n) is 11.1. The van der Waals surface area contributed by atoms with Gasteiger partial charge in [-0.3, -0.25) is 0 Å². The average molecular weight is 358 g/mol. The van der Waals surface area contributed by atoms with Crippen LogP contribution in [-0.2, 0) is 23.0 Å². The highest BCUT2D eigenvalue weighted by Crippen LogP contribution is 2.15. The highest BCUT2D eigenvalue weighted by molar-refractivity contribution is 9.10. The van der Waals surface area contributed by atoms with Gasteiger partial charge in [-0.15, -0.1) is 0 Å². The third-order valence-corrected chi connectivity index (χ3v) is 4.18. The van der Waals surface area contributed by atoms with Crippen LogP contribution in [0.5, 0.6) is 0 Å². The van der Waals surface area contributed by atoms with Gasteiger partial charge in [-0.05, 0) is 24.1 Å². The maximum Gasteiger partial charge on any atom is 0.257 e. The number of aryl methyl sites for hydroxylation is 1. The Bertz CT molecular complexity index is 693. The number of nitrogens with zero attached hydrogens (tertiary/aromatic N) is 2. The van der Waals surface area contributed by atoms with E-state index in [1.54, 1.807) is 0 Å². The Labute approximate surface area is 127 Å². The molecule has 5 nitrogen and oxygen atoms in total. The summed E-state index contributed by atoms with van der Waals surface area (Å²) in [5.41, 5.74) is 1.07. The van der Waals surface area contributed by atoms with Crippen LogP contribution in [0, 0.1) is 0 Å². The van der Waals surface area contributed by atoms with Crippen molar-refractivity contribution in [2.45, 2.75) is 31.3 Å². The number of halogens is 1. The van der Waals surface area contributed by atoms with Crippen LogP contribution in [-0.4, -0.2) is 18.0 Å². The minimum atomic E-state index is -3.76. The molecule has 7 heteroatoms. The minimum Gasteiger partial charge on any atom is -0.329 e. The Hall–Kier alpha value is -1.18. The highest BCUT2D eigenvalue weighted by Gasteiger charge is 2.16. The van der Waals surface area contributed by atoms with Crippen molar-refractivity contribution >= 4 is 26.0 Å². The summed E-state index contributed by atoms with van der Waals surface area (Å²) < 4.78 is 25.6. The maximum atomic E-state index is 11.4. The molecule has 0 amide bonds. The molecular formula is C13H16BrN3O2S. The van der Waals surface area contributed by atoms with E-state index in [9.17, 15) is 8.42 Å². The number of benzene rings is 1. The van der Waals surface area contributed by atoms with Crippen LogP contribution < -0.4 is 5.14 Å². The van der Waals surface area contributed by atoms with Gasteiger partial charge >= 0.3 is 0 Å². The molecule has 2 rings (SSSR count). The molecule has 0 spiro atoms. The second-order valence-corrected chi connectivity index (χ2v) is 6.97. The summed E-state index contributed by atoms with van der Waals surface area (Å²) in [5.74, 6) is 0.736. The third-order valence-electron chi connectivity index (χ3n) is 2.87. The Balaban J connectivity index is 2.34. The van der Waals surface area contributed by atoms with Crippen LogP contribution in [0.3, 0.4) is 0 Å². The number of aromatic nitrogens is 2. The van der Waals surface area contributed by atoms with E-state index in [1.807, 2.05) is 35.8 Å². The molecule has 0 aliphatic heterocycles. The summed E-state index contributed by atoms with van der Waals surface area (Å²) in [4.78, 5) is 4.13. The Kier molecular flexibility index (Phi) is 4.62. The van der Waals surface area contributed by atoms with Gasteiger partial charge in [-0.2, -0.15) is 0 Å². The molecule has 20 heavy (non-hydrogen) atoms. The molecule has 1 aromatic carbocycles. The molecule has 0 fully saturated rings. The largest absolute Gasteiger partial charge is 0.329 e. The molecule has 2 aromatic rings. The van der Waals surface area contributed by atoms with E-state index < -0.39 is 10.0 Å². The normalized spacial score (nSPS) is 11.8. The first-order valence-electron chi connectivity index (χ1n) is 6.23. The highest BCUT2D eigenvalue weighted by atomic mass is 79.9. The zero-order valence-corrected chi connectivity index (χ0v) is 13.5. The van der Waals surface area contributed by atoms with Gasteiger partial charge in [-0.25, -0.2) is 18.5 Å². The fourth-order valence-electron chi connectivity index (χ4n) is 1.91. The number of rotatable bonds is 5. The number of primary sulfonamides is 1. The molecule has 0 aliphatic carbocycles. The SMILES string of the molecule is CCCc1nc(S(N)(=O)=O)cn1Cc1ccc(Br)cc1. The molecule has 0 radical (unpaired) electrons. The van der Waals surface area contributed by atoms with Crippen LogP contribution in [0.15, 0.2) is 40.0 Å². The molecule has 0 saturated carbocycles. The van der Waals surface area contributed by atoms with Crippen LogP contribution >= 0.6 is 15.9 Å². The molecule has 1 heterocycles. The van der Waals surface area contributed by atoms with E-state index in [1.165, 1.54) is 6.20 Å². The lowest BCUT2D eigenvalue weighted by Crippen LogP contribution is -2.12. The Morgan fingerprint density at radius 1 is 1.30 bits per heavy atom. The van der Waals surface area contributed by atoms with Crippen LogP contribution in [0.1, 0.15) is 24.7 Å². The van der Waals surface area contributed by atoms with Crippen LogP contribution in [0.4, 0.5) is 0 Å². The Morgan fingerprint density at radius 3 is 2.50 bits per heavy atom. The van der Waals surface area contributed by atoms with Gasteiger partial charge in [0.2, 0.25) is 0 Å². The summed E-state index contributed by atoms with van der Waals surface area (Å²) in [6.07, 6.45) is 3.11. The van der Waals surface area contributed by atoms with Gasteiger partial charge < -0.3 is 4.57 Å². The summed E-state index contributed by atoms with van der Waals surface area (Å²) in [5, 5.41) is 5.07. The van der Waals surface area contributed by atoms with Gasteiger partial charge in [0.1, 0.15) is 5.82 Å². The van der Waals surface area contributed by atoms with Gasteiger partial charge in [-0.1, -0.05) is 35.0 Å². The molecule has 0 saturated heterocycles. The monoisotopic (exact) mass is 357 g/mol. The molecule has 2 N–H and O–H groups in total. The first-order valence-corrected chi connectivity index (χ1v) is 8.57. The van der Waals surface area contributed by atoms with E-state index in [2.05, 4.69) is 20.9 Å². The van der Waals surface area contributed by atoms with Crippen molar-refractivity contribution in [3.8, 4) is 0 Å². The topological polar surface area (TPSA) is 78.0 Å². The first kappa shape index (κ1) is 15.2. The number of hydrogen-bond donors (Lipinski definition) is 1. The third kappa shape index (κ3) is 3.68. The van der Waals surface area contributed by atoms with Crippen molar-refractivity contribution in [3.63, 3.8) is 0 Å². The van der Waals surface area contributed by atoms with Crippen molar-refractivity contribution in [3.05, 3.63) is 46.3 Å². The molecule has 0 atom stereocenters. The van der Waals surface area contributed by atoms with E-state index in [-0.39, 0.29) is 5.03 Å². The quantitative estimate of drug-likeness (QED) is 0.891. The molecule has 108 valence electrons. The van der Waals surface area contributed by atoms with Crippen LogP contribution in [0.25, 0.3) is 0 Å².